The first kappa shape index (κ1) is 14.8. The van der Waals surface area contributed by atoms with Gasteiger partial charge in [0, 0.05) is 18.0 Å². The number of benzene rings is 2. The van der Waals surface area contributed by atoms with E-state index in [9.17, 15) is 4.39 Å². The third-order valence-corrected chi connectivity index (χ3v) is 4.67. The molecule has 0 N–H and O–H groups in total. The van der Waals surface area contributed by atoms with Crippen LogP contribution in [-0.2, 0) is 7.05 Å². The van der Waals surface area contributed by atoms with Crippen LogP contribution in [0.2, 0.25) is 0 Å². The first-order valence-corrected chi connectivity index (χ1v) is 8.07. The molecular formula is C17H12FN5S. The van der Waals surface area contributed by atoms with E-state index in [1.807, 2.05) is 41.9 Å². The quantitative estimate of drug-likeness (QED) is 0.533. The molecule has 0 saturated heterocycles. The zero-order valence-corrected chi connectivity index (χ0v) is 13.5. The number of fused-ring (bicyclic) bond motifs is 1. The maximum absolute atomic E-state index is 13.6. The van der Waals surface area contributed by atoms with Gasteiger partial charge in [0.1, 0.15) is 17.2 Å². The van der Waals surface area contributed by atoms with Crippen molar-refractivity contribution in [2.75, 3.05) is 0 Å². The minimum atomic E-state index is -0.318. The van der Waals surface area contributed by atoms with Gasteiger partial charge in [-0.15, -0.1) is 10.2 Å². The van der Waals surface area contributed by atoms with Crippen molar-refractivity contribution in [2.24, 2.45) is 7.05 Å². The van der Waals surface area contributed by atoms with Crippen LogP contribution in [0.15, 0.2) is 65.0 Å². The average molecular weight is 337 g/mol. The fourth-order valence-corrected chi connectivity index (χ4v) is 3.27. The van der Waals surface area contributed by atoms with Crippen LogP contribution in [0, 0.1) is 5.82 Å². The molecule has 7 heteroatoms. The Kier molecular flexibility index (Phi) is 3.70. The van der Waals surface area contributed by atoms with Gasteiger partial charge >= 0.3 is 0 Å². The lowest BCUT2D eigenvalue weighted by atomic mass is 10.2. The number of halogens is 1. The predicted molar refractivity (Wildman–Crippen MR) is 90.1 cm³/mol. The summed E-state index contributed by atoms with van der Waals surface area (Å²) in [6, 6.07) is 14.3. The van der Waals surface area contributed by atoms with Crippen molar-refractivity contribution in [3.05, 3.63) is 60.7 Å². The lowest BCUT2D eigenvalue weighted by Crippen LogP contribution is -1.95. The van der Waals surface area contributed by atoms with Gasteiger partial charge in [0.2, 0.25) is 0 Å². The normalized spacial score (nSPS) is 11.1. The molecule has 2 heterocycles. The van der Waals surface area contributed by atoms with E-state index in [1.54, 1.807) is 6.07 Å². The summed E-state index contributed by atoms with van der Waals surface area (Å²) >= 11 is 1.34. The highest BCUT2D eigenvalue weighted by Gasteiger charge is 2.14. The van der Waals surface area contributed by atoms with Gasteiger partial charge in [-0.3, -0.25) is 0 Å². The highest BCUT2D eigenvalue weighted by molar-refractivity contribution is 7.99. The fourth-order valence-electron chi connectivity index (χ4n) is 2.42. The summed E-state index contributed by atoms with van der Waals surface area (Å²) in [5.41, 5.74) is 1.68. The van der Waals surface area contributed by atoms with E-state index in [-0.39, 0.29) is 5.82 Å². The van der Waals surface area contributed by atoms with Crippen LogP contribution < -0.4 is 0 Å². The van der Waals surface area contributed by atoms with Gasteiger partial charge in [0.25, 0.3) is 0 Å². The van der Waals surface area contributed by atoms with Gasteiger partial charge in [-0.1, -0.05) is 30.3 Å². The molecule has 0 aliphatic rings. The third kappa shape index (κ3) is 2.63. The Hall–Kier alpha value is -2.80. The Balaban J connectivity index is 1.75. The topological polar surface area (TPSA) is 56.5 Å². The zero-order valence-electron chi connectivity index (χ0n) is 12.7. The maximum atomic E-state index is 13.6. The SMILES string of the molecule is Cn1c(Sc2ncnc3ccc(F)cc23)nnc1-c1ccccc1. The van der Waals surface area contributed by atoms with Crippen molar-refractivity contribution in [3.8, 4) is 11.4 Å². The van der Waals surface area contributed by atoms with Crippen LogP contribution >= 0.6 is 11.8 Å². The van der Waals surface area contributed by atoms with E-state index >= 15 is 0 Å². The molecule has 4 rings (SSSR count). The van der Waals surface area contributed by atoms with E-state index in [0.717, 1.165) is 11.4 Å². The molecule has 24 heavy (non-hydrogen) atoms. The summed E-state index contributed by atoms with van der Waals surface area (Å²) in [5, 5.41) is 10.5. The smallest absolute Gasteiger partial charge is 0.197 e. The van der Waals surface area contributed by atoms with Crippen LogP contribution in [0.3, 0.4) is 0 Å². The lowest BCUT2D eigenvalue weighted by Gasteiger charge is -2.05. The zero-order chi connectivity index (χ0) is 16.5. The van der Waals surface area contributed by atoms with Crippen molar-refractivity contribution in [3.63, 3.8) is 0 Å². The summed E-state index contributed by atoms with van der Waals surface area (Å²) in [4.78, 5) is 8.44. The maximum Gasteiger partial charge on any atom is 0.197 e. The number of rotatable bonds is 3. The van der Waals surface area contributed by atoms with Crippen molar-refractivity contribution < 1.29 is 4.39 Å². The summed E-state index contributed by atoms with van der Waals surface area (Å²) in [5.74, 6) is 0.449. The van der Waals surface area contributed by atoms with Crippen molar-refractivity contribution in [1.29, 1.82) is 0 Å². The molecule has 2 aromatic carbocycles. The molecule has 118 valence electrons. The van der Waals surface area contributed by atoms with Crippen LogP contribution in [0.25, 0.3) is 22.3 Å². The van der Waals surface area contributed by atoms with Crippen LogP contribution in [-0.4, -0.2) is 24.7 Å². The molecule has 0 atom stereocenters. The number of hydrogen-bond donors (Lipinski definition) is 0. The van der Waals surface area contributed by atoms with Gasteiger partial charge in [-0.05, 0) is 30.0 Å². The summed E-state index contributed by atoms with van der Waals surface area (Å²) in [7, 11) is 1.90. The van der Waals surface area contributed by atoms with Gasteiger partial charge in [0.05, 0.1) is 5.52 Å². The van der Waals surface area contributed by atoms with Crippen LogP contribution in [0.1, 0.15) is 0 Å². The van der Waals surface area contributed by atoms with Gasteiger partial charge in [-0.2, -0.15) is 0 Å². The second kappa shape index (κ2) is 6.01. The van der Waals surface area contributed by atoms with Gasteiger partial charge in [-0.25, -0.2) is 14.4 Å². The molecule has 0 unspecified atom stereocenters. The Labute approximate surface area is 141 Å². The molecule has 5 nitrogen and oxygen atoms in total. The van der Waals surface area contributed by atoms with E-state index < -0.39 is 0 Å². The van der Waals surface area contributed by atoms with E-state index in [1.165, 1.54) is 30.2 Å². The Morgan fingerprint density at radius 1 is 1.00 bits per heavy atom. The third-order valence-electron chi connectivity index (χ3n) is 3.62. The first-order chi connectivity index (χ1) is 11.7. The molecule has 0 amide bonds. The highest BCUT2D eigenvalue weighted by atomic mass is 32.2. The molecule has 0 saturated carbocycles. The Morgan fingerprint density at radius 3 is 2.67 bits per heavy atom. The molecule has 0 radical (unpaired) electrons. The number of aromatic nitrogens is 5. The first-order valence-electron chi connectivity index (χ1n) is 7.25. The van der Waals surface area contributed by atoms with Crippen LogP contribution in [0.5, 0.6) is 0 Å². The van der Waals surface area contributed by atoms with Gasteiger partial charge < -0.3 is 4.57 Å². The van der Waals surface area contributed by atoms with Crippen molar-refractivity contribution >= 4 is 22.7 Å². The largest absolute Gasteiger partial charge is 0.305 e. The van der Waals surface area contributed by atoms with Gasteiger partial charge in [0.15, 0.2) is 11.0 Å². The average Bonchev–Trinajstić information content (AvgIpc) is 2.97. The van der Waals surface area contributed by atoms with Crippen molar-refractivity contribution in [2.45, 2.75) is 10.2 Å². The Bertz CT molecular complexity index is 1020. The van der Waals surface area contributed by atoms with E-state index in [2.05, 4.69) is 20.2 Å². The lowest BCUT2D eigenvalue weighted by molar-refractivity contribution is 0.629. The minimum absolute atomic E-state index is 0.318. The summed E-state index contributed by atoms with van der Waals surface area (Å²) in [6.45, 7) is 0. The van der Waals surface area contributed by atoms with E-state index in [4.69, 9.17) is 0 Å². The molecule has 0 fully saturated rings. The number of nitrogens with zero attached hydrogens (tertiary/aromatic N) is 5. The molecule has 0 spiro atoms. The Morgan fingerprint density at radius 2 is 1.83 bits per heavy atom. The molecule has 0 bridgehead atoms. The molecule has 0 aliphatic heterocycles. The van der Waals surface area contributed by atoms with Crippen molar-refractivity contribution in [1.82, 2.24) is 24.7 Å². The molecule has 0 aliphatic carbocycles. The standard InChI is InChI=1S/C17H12FN5S/c1-23-15(11-5-3-2-4-6-11)21-22-17(23)24-16-13-9-12(18)7-8-14(13)19-10-20-16/h2-10H,1H3. The monoisotopic (exact) mass is 337 g/mol. The molecule has 4 aromatic rings. The predicted octanol–water partition coefficient (Wildman–Crippen LogP) is 3.72. The fraction of sp³-hybridized carbons (Fsp3) is 0.0588. The molecule has 2 aromatic heterocycles. The molecular weight excluding hydrogens is 325 g/mol. The van der Waals surface area contributed by atoms with Crippen LogP contribution in [0.4, 0.5) is 4.39 Å². The minimum Gasteiger partial charge on any atom is -0.305 e. The second-order valence-corrected chi connectivity index (χ2v) is 6.13. The summed E-state index contributed by atoms with van der Waals surface area (Å²) in [6.07, 6.45) is 1.47. The highest BCUT2D eigenvalue weighted by Crippen LogP contribution is 2.31. The second-order valence-electron chi connectivity index (χ2n) is 5.17. The number of hydrogen-bond acceptors (Lipinski definition) is 5. The van der Waals surface area contributed by atoms with E-state index in [0.29, 0.717) is 21.1 Å². The summed E-state index contributed by atoms with van der Waals surface area (Å²) < 4.78 is 15.5.